The fourth-order valence-corrected chi connectivity index (χ4v) is 3.42. The largest absolute Gasteiger partial charge is 0.305 e. The standard InChI is InChI=1S/C18H16FN3OS/c1-12(23)16(13-8-4-3-5-9-13)24-18-21-20-17(22(18)2)14-10-6-7-11-15(14)19/h3-11,16H,1-2H3/t16-/m0/s1. The van der Waals surface area contributed by atoms with Crippen LogP contribution >= 0.6 is 11.8 Å². The predicted octanol–water partition coefficient (Wildman–Crippen LogP) is 4.04. The smallest absolute Gasteiger partial charge is 0.192 e. The van der Waals surface area contributed by atoms with E-state index in [0.717, 1.165) is 5.56 Å². The summed E-state index contributed by atoms with van der Waals surface area (Å²) < 4.78 is 15.7. The average Bonchev–Trinajstić information content (AvgIpc) is 2.94. The van der Waals surface area contributed by atoms with Gasteiger partial charge in [-0.05, 0) is 24.6 Å². The molecule has 0 saturated heterocycles. The lowest BCUT2D eigenvalue weighted by Gasteiger charge is -2.13. The van der Waals surface area contributed by atoms with E-state index in [-0.39, 0.29) is 16.9 Å². The minimum Gasteiger partial charge on any atom is -0.305 e. The Morgan fingerprint density at radius 1 is 1.08 bits per heavy atom. The highest BCUT2D eigenvalue weighted by Crippen LogP contribution is 2.36. The van der Waals surface area contributed by atoms with Gasteiger partial charge in [-0.1, -0.05) is 54.2 Å². The minimum atomic E-state index is -0.373. The Balaban J connectivity index is 1.94. The number of rotatable bonds is 5. The summed E-state index contributed by atoms with van der Waals surface area (Å²) >= 11 is 1.32. The Morgan fingerprint density at radius 2 is 1.75 bits per heavy atom. The number of hydrogen-bond acceptors (Lipinski definition) is 4. The lowest BCUT2D eigenvalue weighted by molar-refractivity contribution is -0.116. The molecule has 3 aromatic rings. The van der Waals surface area contributed by atoms with Gasteiger partial charge in [-0.15, -0.1) is 10.2 Å². The molecule has 122 valence electrons. The van der Waals surface area contributed by atoms with Crippen LogP contribution in [0.3, 0.4) is 0 Å². The second-order valence-electron chi connectivity index (χ2n) is 5.36. The number of benzene rings is 2. The van der Waals surface area contributed by atoms with Crippen LogP contribution in [0.15, 0.2) is 59.8 Å². The summed E-state index contributed by atoms with van der Waals surface area (Å²) in [5.41, 5.74) is 1.30. The summed E-state index contributed by atoms with van der Waals surface area (Å²) in [5, 5.41) is 8.43. The second kappa shape index (κ2) is 6.97. The first-order chi connectivity index (χ1) is 11.6. The van der Waals surface area contributed by atoms with E-state index < -0.39 is 0 Å². The quantitative estimate of drug-likeness (QED) is 0.657. The van der Waals surface area contributed by atoms with E-state index in [9.17, 15) is 9.18 Å². The Hall–Kier alpha value is -2.47. The second-order valence-corrected chi connectivity index (χ2v) is 6.44. The van der Waals surface area contributed by atoms with Crippen LogP contribution in [0.5, 0.6) is 0 Å². The van der Waals surface area contributed by atoms with Crippen molar-refractivity contribution < 1.29 is 9.18 Å². The van der Waals surface area contributed by atoms with Gasteiger partial charge in [0.1, 0.15) is 11.6 Å². The summed E-state index contributed by atoms with van der Waals surface area (Å²) in [7, 11) is 1.77. The molecule has 1 heterocycles. The number of halogens is 1. The first kappa shape index (κ1) is 16.4. The fraction of sp³-hybridized carbons (Fsp3) is 0.167. The first-order valence-electron chi connectivity index (χ1n) is 7.44. The van der Waals surface area contributed by atoms with Gasteiger partial charge in [-0.2, -0.15) is 0 Å². The van der Waals surface area contributed by atoms with Crippen LogP contribution in [0.1, 0.15) is 17.7 Å². The average molecular weight is 341 g/mol. The molecule has 0 radical (unpaired) electrons. The molecule has 1 atom stereocenters. The van der Waals surface area contributed by atoms with Crippen LogP contribution in [0.25, 0.3) is 11.4 Å². The van der Waals surface area contributed by atoms with Crippen LogP contribution in [-0.2, 0) is 11.8 Å². The van der Waals surface area contributed by atoms with Crippen molar-refractivity contribution in [2.45, 2.75) is 17.3 Å². The molecule has 0 unspecified atom stereocenters. The van der Waals surface area contributed by atoms with Crippen LogP contribution in [0.2, 0.25) is 0 Å². The lowest BCUT2D eigenvalue weighted by atomic mass is 10.1. The van der Waals surface area contributed by atoms with Crippen molar-refractivity contribution in [3.8, 4) is 11.4 Å². The molecule has 6 heteroatoms. The molecule has 0 bridgehead atoms. The van der Waals surface area contributed by atoms with Crippen molar-refractivity contribution >= 4 is 17.5 Å². The van der Waals surface area contributed by atoms with Crippen molar-refractivity contribution in [3.05, 3.63) is 66.0 Å². The van der Waals surface area contributed by atoms with Gasteiger partial charge in [0.2, 0.25) is 0 Å². The van der Waals surface area contributed by atoms with Gasteiger partial charge in [0.05, 0.1) is 10.8 Å². The zero-order valence-electron chi connectivity index (χ0n) is 13.3. The summed E-state index contributed by atoms with van der Waals surface area (Å²) in [6.07, 6.45) is 0. The van der Waals surface area contributed by atoms with Crippen molar-refractivity contribution in [2.75, 3.05) is 0 Å². The number of thioether (sulfide) groups is 1. The Kier molecular flexibility index (Phi) is 4.76. The highest BCUT2D eigenvalue weighted by molar-refractivity contribution is 8.00. The van der Waals surface area contributed by atoms with Crippen molar-refractivity contribution in [3.63, 3.8) is 0 Å². The Morgan fingerprint density at radius 3 is 2.42 bits per heavy atom. The molecule has 0 spiro atoms. The zero-order chi connectivity index (χ0) is 17.1. The first-order valence-corrected chi connectivity index (χ1v) is 8.32. The van der Waals surface area contributed by atoms with Gasteiger partial charge in [-0.3, -0.25) is 4.79 Å². The van der Waals surface area contributed by atoms with E-state index in [1.165, 1.54) is 17.8 Å². The molecule has 0 N–H and O–H groups in total. The topological polar surface area (TPSA) is 47.8 Å². The summed E-state index contributed by atoms with van der Waals surface area (Å²) in [6, 6.07) is 16.0. The number of carbonyl (C=O) groups excluding carboxylic acids is 1. The number of aromatic nitrogens is 3. The van der Waals surface area contributed by atoms with E-state index in [0.29, 0.717) is 16.5 Å². The van der Waals surface area contributed by atoms with Gasteiger partial charge in [0.15, 0.2) is 11.0 Å². The molecular formula is C18H16FN3OS. The molecule has 0 saturated carbocycles. The molecule has 4 nitrogen and oxygen atoms in total. The van der Waals surface area contributed by atoms with Gasteiger partial charge >= 0.3 is 0 Å². The van der Waals surface area contributed by atoms with Gasteiger partial charge in [-0.25, -0.2) is 4.39 Å². The fourth-order valence-electron chi connectivity index (χ4n) is 2.41. The van der Waals surface area contributed by atoms with Crippen molar-refractivity contribution in [1.29, 1.82) is 0 Å². The molecule has 24 heavy (non-hydrogen) atoms. The minimum absolute atomic E-state index is 0.0293. The highest BCUT2D eigenvalue weighted by Gasteiger charge is 2.22. The number of carbonyl (C=O) groups is 1. The highest BCUT2D eigenvalue weighted by atomic mass is 32.2. The third-order valence-electron chi connectivity index (χ3n) is 3.64. The van der Waals surface area contributed by atoms with Crippen molar-refractivity contribution in [2.24, 2.45) is 7.05 Å². The number of hydrogen-bond donors (Lipinski definition) is 0. The van der Waals surface area contributed by atoms with Crippen molar-refractivity contribution in [1.82, 2.24) is 14.8 Å². The molecule has 0 aliphatic heterocycles. The molecule has 0 aliphatic rings. The Bertz CT molecular complexity index is 864. The number of ketones is 1. The SMILES string of the molecule is CC(=O)[C@H](Sc1nnc(-c2ccccc2F)n1C)c1ccccc1. The molecule has 1 aromatic heterocycles. The predicted molar refractivity (Wildman–Crippen MR) is 92.1 cm³/mol. The summed E-state index contributed by atoms with van der Waals surface area (Å²) in [4.78, 5) is 12.1. The summed E-state index contributed by atoms with van der Waals surface area (Å²) in [6.45, 7) is 1.55. The molecule has 0 amide bonds. The maximum atomic E-state index is 14.0. The molecular weight excluding hydrogens is 325 g/mol. The Labute approximate surface area is 143 Å². The number of nitrogens with zero attached hydrogens (tertiary/aromatic N) is 3. The van der Waals surface area contributed by atoms with Crippen LogP contribution in [0.4, 0.5) is 4.39 Å². The third kappa shape index (κ3) is 3.23. The van der Waals surface area contributed by atoms with E-state index in [2.05, 4.69) is 10.2 Å². The van der Waals surface area contributed by atoms with Gasteiger partial charge in [0.25, 0.3) is 0 Å². The number of Topliss-reactive ketones (excluding diaryl/α,β-unsaturated/α-hetero) is 1. The van der Waals surface area contributed by atoms with Crippen LogP contribution in [0, 0.1) is 5.82 Å². The van der Waals surface area contributed by atoms with Gasteiger partial charge < -0.3 is 4.57 Å². The van der Waals surface area contributed by atoms with Gasteiger partial charge in [0, 0.05) is 7.05 Å². The maximum Gasteiger partial charge on any atom is 0.192 e. The summed E-state index contributed by atoms with van der Waals surface area (Å²) in [5.74, 6) is 0.114. The van der Waals surface area contributed by atoms with E-state index in [4.69, 9.17) is 0 Å². The lowest BCUT2D eigenvalue weighted by Crippen LogP contribution is -2.06. The van der Waals surface area contributed by atoms with Crippen LogP contribution < -0.4 is 0 Å². The molecule has 2 aromatic carbocycles. The zero-order valence-corrected chi connectivity index (χ0v) is 14.1. The monoisotopic (exact) mass is 341 g/mol. The molecule has 3 rings (SSSR count). The van der Waals surface area contributed by atoms with E-state index in [1.807, 2.05) is 30.3 Å². The van der Waals surface area contributed by atoms with Crippen LogP contribution in [-0.4, -0.2) is 20.5 Å². The molecule has 0 aliphatic carbocycles. The normalized spacial score (nSPS) is 12.1. The van der Waals surface area contributed by atoms with E-state index in [1.54, 1.807) is 36.7 Å². The maximum absolute atomic E-state index is 14.0. The third-order valence-corrected chi connectivity index (χ3v) is 5.05. The molecule has 0 fully saturated rings. The van der Waals surface area contributed by atoms with E-state index >= 15 is 0 Å².